The summed E-state index contributed by atoms with van der Waals surface area (Å²) in [5, 5.41) is 2.95. The van der Waals surface area contributed by atoms with Gasteiger partial charge in [0.1, 0.15) is 0 Å². The van der Waals surface area contributed by atoms with Crippen molar-refractivity contribution in [3.05, 3.63) is 29.8 Å². The smallest absolute Gasteiger partial charge is 0.224 e. The molecule has 1 fully saturated rings. The Hall–Kier alpha value is -1.39. The number of nitrogens with two attached hydrogens (primary N) is 1. The lowest BCUT2D eigenvalue weighted by atomic mass is 10.0. The van der Waals surface area contributed by atoms with E-state index in [0.717, 1.165) is 18.7 Å². The normalized spacial score (nSPS) is 16.9. The van der Waals surface area contributed by atoms with Gasteiger partial charge in [0.25, 0.3) is 0 Å². The van der Waals surface area contributed by atoms with Crippen LogP contribution in [0.2, 0.25) is 0 Å². The van der Waals surface area contributed by atoms with E-state index in [2.05, 4.69) is 29.3 Å². The Bertz CT molecular complexity index is 434. The molecular formula is C17H27N3O. The lowest BCUT2D eigenvalue weighted by Gasteiger charge is -2.15. The second-order valence-electron chi connectivity index (χ2n) is 5.94. The number of hydrogen-bond donors (Lipinski definition) is 2. The maximum atomic E-state index is 11.9. The van der Waals surface area contributed by atoms with Gasteiger partial charge >= 0.3 is 0 Å². The molecule has 1 aromatic carbocycles. The zero-order valence-corrected chi connectivity index (χ0v) is 13.0. The minimum atomic E-state index is 0.0552. The molecule has 0 spiro atoms. The van der Waals surface area contributed by atoms with Gasteiger partial charge in [-0.05, 0) is 56.1 Å². The van der Waals surface area contributed by atoms with E-state index < -0.39 is 0 Å². The molecule has 1 aliphatic heterocycles. The first-order chi connectivity index (χ1) is 10.2. The number of carbonyl (C=O) groups excluding carboxylic acids is 1. The number of hydrogen-bond acceptors (Lipinski definition) is 3. The van der Waals surface area contributed by atoms with Crippen molar-refractivity contribution >= 4 is 11.6 Å². The van der Waals surface area contributed by atoms with Crippen LogP contribution in [-0.4, -0.2) is 30.4 Å². The summed E-state index contributed by atoms with van der Waals surface area (Å²) in [6, 6.07) is 8.20. The predicted molar refractivity (Wildman–Crippen MR) is 87.0 cm³/mol. The van der Waals surface area contributed by atoms with Crippen molar-refractivity contribution in [3.8, 4) is 0 Å². The topological polar surface area (TPSA) is 58.4 Å². The highest BCUT2D eigenvalue weighted by Crippen LogP contribution is 2.16. The number of benzene rings is 1. The molecule has 116 valence electrons. The fraction of sp³-hybridized carbons (Fsp3) is 0.588. The van der Waals surface area contributed by atoms with Gasteiger partial charge in [0.05, 0.1) is 0 Å². The lowest BCUT2D eigenvalue weighted by Crippen LogP contribution is -2.21. The third kappa shape index (κ3) is 5.14. The Morgan fingerprint density at radius 2 is 1.95 bits per heavy atom. The molecule has 2 rings (SSSR count). The summed E-state index contributed by atoms with van der Waals surface area (Å²) in [5.41, 5.74) is 7.82. The van der Waals surface area contributed by atoms with Crippen molar-refractivity contribution in [2.24, 2.45) is 11.7 Å². The van der Waals surface area contributed by atoms with E-state index >= 15 is 0 Å². The molecule has 1 aliphatic rings. The molecule has 0 aliphatic carbocycles. The third-order valence-electron chi connectivity index (χ3n) is 4.23. The molecule has 0 saturated carbocycles. The molecule has 0 aromatic heterocycles. The van der Waals surface area contributed by atoms with Crippen molar-refractivity contribution in [1.82, 2.24) is 4.90 Å². The largest absolute Gasteiger partial charge is 0.330 e. The van der Waals surface area contributed by atoms with Crippen molar-refractivity contribution < 1.29 is 4.79 Å². The highest BCUT2D eigenvalue weighted by Gasteiger charge is 2.12. The van der Waals surface area contributed by atoms with Crippen molar-refractivity contribution in [3.63, 3.8) is 0 Å². The van der Waals surface area contributed by atoms with E-state index in [1.807, 2.05) is 12.1 Å². The summed E-state index contributed by atoms with van der Waals surface area (Å²) in [7, 11) is 0. The summed E-state index contributed by atoms with van der Waals surface area (Å²) in [6.07, 6.45) is 4.07. The molecule has 4 nitrogen and oxygen atoms in total. The molecule has 1 saturated heterocycles. The van der Waals surface area contributed by atoms with Crippen molar-refractivity contribution in [1.29, 1.82) is 0 Å². The Morgan fingerprint density at radius 1 is 1.29 bits per heavy atom. The Labute approximate surface area is 127 Å². The van der Waals surface area contributed by atoms with Gasteiger partial charge < -0.3 is 11.1 Å². The van der Waals surface area contributed by atoms with Crippen LogP contribution < -0.4 is 11.1 Å². The van der Waals surface area contributed by atoms with Gasteiger partial charge in [0.2, 0.25) is 5.91 Å². The quantitative estimate of drug-likeness (QED) is 0.811. The fourth-order valence-corrected chi connectivity index (χ4v) is 2.76. The zero-order valence-electron chi connectivity index (χ0n) is 13.0. The molecule has 1 aromatic rings. The number of amides is 1. The molecule has 1 atom stereocenters. The van der Waals surface area contributed by atoms with Gasteiger partial charge in [-0.25, -0.2) is 0 Å². The molecule has 0 radical (unpaired) electrons. The molecule has 21 heavy (non-hydrogen) atoms. The van der Waals surface area contributed by atoms with Gasteiger partial charge in [-0.1, -0.05) is 25.5 Å². The SMILES string of the molecule is CCC(CN)CC(=O)Nc1ccc(CN2CCCC2)cc1. The van der Waals surface area contributed by atoms with E-state index in [1.165, 1.54) is 31.5 Å². The molecule has 3 N–H and O–H groups in total. The molecule has 1 unspecified atom stereocenters. The maximum absolute atomic E-state index is 11.9. The second kappa shape index (κ2) is 8.15. The summed E-state index contributed by atoms with van der Waals surface area (Å²) < 4.78 is 0. The zero-order chi connectivity index (χ0) is 15.1. The standard InChI is InChI=1S/C17H27N3O/c1-2-14(12-18)11-17(21)19-16-7-5-15(6-8-16)13-20-9-3-4-10-20/h5-8,14H,2-4,9-13,18H2,1H3,(H,19,21). The number of anilines is 1. The van der Waals surface area contributed by atoms with Gasteiger partial charge in [-0.3, -0.25) is 9.69 Å². The van der Waals surface area contributed by atoms with Crippen molar-refractivity contribution in [2.45, 2.75) is 39.2 Å². The van der Waals surface area contributed by atoms with Gasteiger partial charge in [0, 0.05) is 18.7 Å². The minimum absolute atomic E-state index is 0.0552. The van der Waals surface area contributed by atoms with Crippen LogP contribution in [0.15, 0.2) is 24.3 Å². The van der Waals surface area contributed by atoms with Crippen LogP contribution in [0.4, 0.5) is 5.69 Å². The van der Waals surface area contributed by atoms with E-state index in [1.54, 1.807) is 0 Å². The number of nitrogens with zero attached hydrogens (tertiary/aromatic N) is 1. The second-order valence-corrected chi connectivity index (χ2v) is 5.94. The van der Waals surface area contributed by atoms with Gasteiger partial charge in [-0.15, -0.1) is 0 Å². The number of rotatable bonds is 7. The Morgan fingerprint density at radius 3 is 2.52 bits per heavy atom. The highest BCUT2D eigenvalue weighted by molar-refractivity contribution is 5.90. The number of likely N-dealkylation sites (tertiary alicyclic amines) is 1. The third-order valence-corrected chi connectivity index (χ3v) is 4.23. The van der Waals surface area contributed by atoms with Crippen LogP contribution in [0.25, 0.3) is 0 Å². The van der Waals surface area contributed by atoms with Gasteiger partial charge in [0.15, 0.2) is 0 Å². The lowest BCUT2D eigenvalue weighted by molar-refractivity contribution is -0.117. The monoisotopic (exact) mass is 289 g/mol. The molecule has 1 amide bonds. The van der Waals surface area contributed by atoms with Crippen LogP contribution in [0.3, 0.4) is 0 Å². The average molecular weight is 289 g/mol. The number of nitrogens with one attached hydrogen (secondary N) is 1. The van der Waals surface area contributed by atoms with Crippen LogP contribution in [0, 0.1) is 5.92 Å². The Balaban J connectivity index is 1.82. The summed E-state index contributed by atoms with van der Waals surface area (Å²) >= 11 is 0. The van der Waals surface area contributed by atoms with Crippen molar-refractivity contribution in [2.75, 3.05) is 25.0 Å². The number of carbonyl (C=O) groups is 1. The van der Waals surface area contributed by atoms with Crippen LogP contribution >= 0.6 is 0 Å². The van der Waals surface area contributed by atoms with E-state index in [0.29, 0.717) is 13.0 Å². The molecule has 0 bridgehead atoms. The summed E-state index contributed by atoms with van der Waals surface area (Å²) in [6.45, 7) is 6.06. The first-order valence-electron chi connectivity index (χ1n) is 8.02. The minimum Gasteiger partial charge on any atom is -0.330 e. The fourth-order valence-electron chi connectivity index (χ4n) is 2.76. The first-order valence-corrected chi connectivity index (χ1v) is 8.02. The van der Waals surface area contributed by atoms with E-state index in [4.69, 9.17) is 5.73 Å². The highest BCUT2D eigenvalue weighted by atomic mass is 16.1. The molecular weight excluding hydrogens is 262 g/mol. The first kappa shape index (κ1) is 16.0. The van der Waals surface area contributed by atoms with E-state index in [-0.39, 0.29) is 11.8 Å². The predicted octanol–water partition coefficient (Wildman–Crippen LogP) is 2.60. The molecule has 1 heterocycles. The Kier molecular flexibility index (Phi) is 6.21. The van der Waals surface area contributed by atoms with Gasteiger partial charge in [-0.2, -0.15) is 0 Å². The maximum Gasteiger partial charge on any atom is 0.224 e. The summed E-state index contributed by atoms with van der Waals surface area (Å²) in [5.74, 6) is 0.332. The van der Waals surface area contributed by atoms with Crippen LogP contribution in [0.1, 0.15) is 38.2 Å². The van der Waals surface area contributed by atoms with E-state index in [9.17, 15) is 4.79 Å². The summed E-state index contributed by atoms with van der Waals surface area (Å²) in [4.78, 5) is 14.4. The van der Waals surface area contributed by atoms with Crippen LogP contribution in [-0.2, 0) is 11.3 Å². The average Bonchev–Trinajstić information content (AvgIpc) is 3.00. The van der Waals surface area contributed by atoms with Crippen LogP contribution in [0.5, 0.6) is 0 Å². The molecule has 4 heteroatoms.